The molecule has 5 rings (SSSR count). The molecule has 4 nitrogen and oxygen atoms in total. The van der Waals surface area contributed by atoms with Gasteiger partial charge in [0.2, 0.25) is 0 Å². The van der Waals surface area contributed by atoms with Crippen molar-refractivity contribution in [2.45, 2.75) is 12.8 Å². The molecule has 1 aliphatic carbocycles. The maximum Gasteiger partial charge on any atom is -0.0577 e. The minimum absolute atomic E-state index is 0.578. The van der Waals surface area contributed by atoms with Gasteiger partial charge >= 0.3 is 127 Å². The Balaban J connectivity index is 0.000000185. The predicted octanol–water partition coefficient (Wildman–Crippen LogP) is 4.69. The van der Waals surface area contributed by atoms with Crippen molar-refractivity contribution in [3.8, 4) is 0 Å². The van der Waals surface area contributed by atoms with Gasteiger partial charge in [-0.3, -0.25) is 9.59 Å². The molecule has 195 valence electrons. The molecule has 0 amide bonds. The van der Waals surface area contributed by atoms with E-state index < -0.39 is 17.5 Å². The second-order valence-electron chi connectivity index (χ2n) is 8.02. The first kappa shape index (κ1) is 28.2. The molecule has 4 aromatic rings. The molecule has 1 aliphatic rings. The zero-order valence-electron chi connectivity index (χ0n) is 20.9. The topological polar surface area (TPSA) is 52.6 Å². The van der Waals surface area contributed by atoms with Gasteiger partial charge in [0.25, 0.3) is 0 Å². The molecule has 0 saturated carbocycles. The van der Waals surface area contributed by atoms with E-state index in [-0.39, 0.29) is 0 Å². The molecule has 0 saturated heterocycles. The number of rotatable bonds is 6. The number of fused-ring (bicyclic) bond motifs is 1. The fraction of sp³-hybridized carbons (Fsp3) is 0.129. The molecule has 0 bridgehead atoms. The van der Waals surface area contributed by atoms with Crippen molar-refractivity contribution in [1.82, 2.24) is 0 Å². The van der Waals surface area contributed by atoms with E-state index in [1.165, 1.54) is 43.0 Å². The van der Waals surface area contributed by atoms with Crippen LogP contribution in [-0.2, 0) is 46.7 Å². The minimum Gasteiger partial charge on any atom is -0.213 e. The quantitative estimate of drug-likeness (QED) is 0.197. The van der Waals surface area contributed by atoms with Crippen molar-refractivity contribution < 1.29 is 33.9 Å². The van der Waals surface area contributed by atoms with Crippen LogP contribution in [0, 0.1) is 12.8 Å². The first-order chi connectivity index (χ1) is 18.0. The SMILES string of the molecule is COC(=O)[CH-][CH-]C(=O)OC.[Co]=[P](c1ccccc1)(c1ccccc1)c1ccccc1.c1cc2[c-](c1)CC2. The first-order valence-corrected chi connectivity index (χ1v) is 14.8. The van der Waals surface area contributed by atoms with E-state index in [2.05, 4.69) is 119 Å². The Morgan fingerprint density at radius 2 is 1.11 bits per heavy atom. The van der Waals surface area contributed by atoms with Gasteiger partial charge in [0.1, 0.15) is 11.9 Å². The van der Waals surface area contributed by atoms with E-state index in [0.717, 1.165) is 12.8 Å². The van der Waals surface area contributed by atoms with E-state index in [0.29, 0.717) is 0 Å². The van der Waals surface area contributed by atoms with Crippen LogP contribution in [-0.4, -0.2) is 26.2 Å². The summed E-state index contributed by atoms with van der Waals surface area (Å²) in [7, 11) is 2.45. The molecular formula is C31H30CoO4P-3. The monoisotopic (exact) mass is 556 g/mol. The van der Waals surface area contributed by atoms with Crippen molar-refractivity contribution in [2.24, 2.45) is 0 Å². The molecule has 37 heavy (non-hydrogen) atoms. The van der Waals surface area contributed by atoms with Crippen molar-refractivity contribution in [3.63, 3.8) is 0 Å². The van der Waals surface area contributed by atoms with Crippen LogP contribution in [0.3, 0.4) is 0 Å². The Bertz CT molecular complexity index is 1160. The van der Waals surface area contributed by atoms with Crippen molar-refractivity contribution in [3.05, 3.63) is 133 Å². The second-order valence-corrected chi connectivity index (χ2v) is 12.8. The molecule has 0 fully saturated rings. The zero-order chi connectivity index (χ0) is 26.5. The second kappa shape index (κ2) is 14.4. The first-order valence-electron chi connectivity index (χ1n) is 11.8. The number of carbonyl (C=O) groups is 2. The van der Waals surface area contributed by atoms with Gasteiger partial charge in [-0.15, -0.1) is 0 Å². The Hall–Kier alpha value is -3.37. The summed E-state index contributed by atoms with van der Waals surface area (Å²) in [6.07, 6.45) is 4.63. The van der Waals surface area contributed by atoms with Gasteiger partial charge < -0.3 is 22.3 Å². The number of benzene rings is 3. The third-order valence-corrected chi connectivity index (χ3v) is 11.1. The number of methoxy groups -OCH3 is 2. The summed E-state index contributed by atoms with van der Waals surface area (Å²) in [5, 5.41) is 3.87. The Morgan fingerprint density at radius 3 is 1.35 bits per heavy atom. The summed E-state index contributed by atoms with van der Waals surface area (Å²) >= 11 is 5.26. The molecule has 6 heteroatoms. The number of aryl methyl sites for hydroxylation is 2. The molecule has 0 atom stereocenters. The van der Waals surface area contributed by atoms with Crippen LogP contribution in [0.25, 0.3) is 0 Å². The summed E-state index contributed by atoms with van der Waals surface area (Å²) in [4.78, 5) is 20.6. The third kappa shape index (κ3) is 7.80. The van der Waals surface area contributed by atoms with E-state index in [1.54, 1.807) is 11.1 Å². The van der Waals surface area contributed by atoms with Crippen molar-refractivity contribution in [2.75, 3.05) is 14.2 Å². The Labute approximate surface area is 227 Å². The molecule has 0 unspecified atom stereocenters. The van der Waals surface area contributed by atoms with Gasteiger partial charge in [-0.25, -0.2) is 12.1 Å². The molecule has 0 spiro atoms. The van der Waals surface area contributed by atoms with Crippen molar-refractivity contribution in [1.29, 1.82) is 0 Å². The Kier molecular flexibility index (Phi) is 11.0. The molecule has 0 radical (unpaired) electrons. The van der Waals surface area contributed by atoms with Gasteiger partial charge in [-0.05, 0) is 0 Å². The number of carbonyl (C=O) groups excluding carboxylic acids is 2. The van der Waals surface area contributed by atoms with Crippen LogP contribution >= 0.6 is 5.55 Å². The normalized spacial score (nSPS) is 11.1. The van der Waals surface area contributed by atoms with Crippen LogP contribution < -0.4 is 15.9 Å². The molecule has 4 aromatic carbocycles. The van der Waals surface area contributed by atoms with Gasteiger partial charge in [0, 0.05) is 0 Å². The van der Waals surface area contributed by atoms with Crippen LogP contribution in [0.4, 0.5) is 0 Å². The Morgan fingerprint density at radius 1 is 0.703 bits per heavy atom. The van der Waals surface area contributed by atoms with Crippen LogP contribution in [0.15, 0.2) is 109 Å². The fourth-order valence-corrected chi connectivity index (χ4v) is 7.67. The number of hydrogen-bond donors (Lipinski definition) is 0. The average molecular weight is 556 g/mol. The van der Waals surface area contributed by atoms with Crippen molar-refractivity contribution >= 4 is 33.4 Å². The summed E-state index contributed by atoms with van der Waals surface area (Å²) in [5.41, 5.74) is 1.30. The minimum atomic E-state index is -1.84. The van der Waals surface area contributed by atoms with E-state index in [4.69, 9.17) is 14.8 Å². The molecule has 0 aliphatic heterocycles. The van der Waals surface area contributed by atoms with E-state index in [9.17, 15) is 9.59 Å². The van der Waals surface area contributed by atoms with Gasteiger partial charge in [0.05, 0.1) is 14.2 Å². The maximum atomic E-state index is 10.3. The van der Waals surface area contributed by atoms with Gasteiger partial charge in [0.15, 0.2) is 0 Å². The van der Waals surface area contributed by atoms with Crippen LogP contribution in [0.1, 0.15) is 11.1 Å². The average Bonchev–Trinajstić information content (AvgIpc) is 3.29. The summed E-state index contributed by atoms with van der Waals surface area (Å²) in [5.74, 6) is -1.16. The molecular weight excluding hydrogens is 526 g/mol. The molecule has 0 aromatic heterocycles. The van der Waals surface area contributed by atoms with Gasteiger partial charge in [-0.1, -0.05) is 12.8 Å². The smallest absolute Gasteiger partial charge is 0.0577 e. The number of ether oxygens (including phenoxy) is 2. The maximum absolute atomic E-state index is 10.3. The fourth-order valence-electron chi connectivity index (χ4n) is 3.67. The van der Waals surface area contributed by atoms with E-state index in [1.807, 2.05) is 0 Å². The molecule has 0 N–H and O–H groups in total. The van der Waals surface area contributed by atoms with E-state index >= 15 is 0 Å². The summed E-state index contributed by atoms with van der Waals surface area (Å²) < 4.78 is 8.42. The predicted molar refractivity (Wildman–Crippen MR) is 147 cm³/mol. The standard InChI is InChI=1S/C18H15P.C7H7.C6H8O4.Co/c1-4-10-16(11-5-1)19(17-12-6-2-7-13-17)18-14-8-3-9-15-18;1-2-6-4-5-7(6)3-1;1-9-5(7)3-4-6(8)10-2;/h1-15H;1-3H,4-5H2;3-4H,1-2H3;/q;-1;-2;. The third-order valence-electron chi connectivity index (χ3n) is 5.73. The molecule has 0 heterocycles. The largest absolute Gasteiger partial charge is 0.213 e. The zero-order valence-corrected chi connectivity index (χ0v) is 22.8. The number of hydrogen-bond acceptors (Lipinski definition) is 4. The number of esters is 2. The summed E-state index contributed by atoms with van der Waals surface area (Å²) in [6.45, 7) is 0. The summed E-state index contributed by atoms with van der Waals surface area (Å²) in [6, 6.07) is 38.3. The van der Waals surface area contributed by atoms with Crippen LogP contribution in [0.2, 0.25) is 0 Å². The van der Waals surface area contributed by atoms with Crippen LogP contribution in [0.5, 0.6) is 0 Å². The van der Waals surface area contributed by atoms with Gasteiger partial charge in [-0.2, -0.15) is 17.2 Å².